The number of nitrogens with one attached hydrogen (secondary N) is 3. The number of likely N-dealkylation sites (N-methyl/N-ethyl adjacent to an activating group) is 1. The normalized spacial score (nSPS) is 19.8. The fourth-order valence-electron chi connectivity index (χ4n) is 3.15. The van der Waals surface area contributed by atoms with Gasteiger partial charge in [0.15, 0.2) is 0 Å². The quantitative estimate of drug-likeness (QED) is 0.134. The Kier molecular flexibility index (Phi) is 8.06. The molecule has 170 valence electrons. The van der Waals surface area contributed by atoms with Crippen molar-refractivity contribution < 1.29 is 67.9 Å². The van der Waals surface area contributed by atoms with Gasteiger partial charge in [-0.05, 0) is 19.1 Å². The Bertz CT molecular complexity index is 1040. The fourth-order valence-corrected chi connectivity index (χ4v) is 3.84. The number of hydrogen-bond acceptors (Lipinski definition) is 7. The number of hydrogen-bond donors (Lipinski definition) is 4. The number of imide groups is 1. The van der Waals surface area contributed by atoms with Crippen LogP contribution in [0.3, 0.4) is 0 Å². The molecule has 0 spiro atoms. The number of urea groups is 1. The molecule has 3 rings (SSSR count). The number of aromatic nitrogens is 1. The second-order valence-electron chi connectivity index (χ2n) is 6.76. The van der Waals surface area contributed by atoms with Crippen LogP contribution in [0.5, 0.6) is 0 Å². The summed E-state index contributed by atoms with van der Waals surface area (Å²) in [6.45, 7) is 1.62. The van der Waals surface area contributed by atoms with Gasteiger partial charge in [0.25, 0.3) is 5.91 Å². The van der Waals surface area contributed by atoms with Crippen molar-refractivity contribution in [2.75, 3.05) is 26.2 Å². The molecule has 2 saturated heterocycles. The summed E-state index contributed by atoms with van der Waals surface area (Å²) < 4.78 is 31.1. The van der Waals surface area contributed by atoms with Gasteiger partial charge in [-0.3, -0.25) is 28.6 Å². The summed E-state index contributed by atoms with van der Waals surface area (Å²) in [7, 11) is -4.72. The Morgan fingerprint density at radius 1 is 1.28 bits per heavy atom. The van der Waals surface area contributed by atoms with Crippen LogP contribution in [0, 0.1) is 0 Å². The van der Waals surface area contributed by atoms with Crippen molar-refractivity contribution in [1.82, 2.24) is 29.7 Å². The molecule has 0 aromatic carbocycles. The van der Waals surface area contributed by atoms with E-state index in [4.69, 9.17) is 4.55 Å². The van der Waals surface area contributed by atoms with E-state index in [0.29, 0.717) is 11.4 Å². The van der Waals surface area contributed by atoms with Crippen LogP contribution >= 0.6 is 0 Å². The van der Waals surface area contributed by atoms with E-state index >= 15 is 0 Å². The molecule has 14 nitrogen and oxygen atoms in total. The second kappa shape index (κ2) is 9.99. The summed E-state index contributed by atoms with van der Waals surface area (Å²) in [5.41, 5.74) is 0.218. The molecule has 1 aromatic heterocycles. The van der Waals surface area contributed by atoms with Gasteiger partial charge in [0.1, 0.15) is 12.1 Å². The molecule has 2 aliphatic heterocycles. The molecule has 2 fully saturated rings. The molecular weight excluding hydrogens is 459 g/mol. The Hall–Kier alpha value is -2.46. The minimum atomic E-state index is -4.72. The zero-order chi connectivity index (χ0) is 22.9. The topological polar surface area (TPSA) is 189 Å². The van der Waals surface area contributed by atoms with Crippen molar-refractivity contribution in [3.05, 3.63) is 24.0 Å². The third-order valence-electron chi connectivity index (χ3n) is 4.89. The van der Waals surface area contributed by atoms with Crippen LogP contribution in [0.1, 0.15) is 20.1 Å². The molecule has 16 heteroatoms. The second-order valence-corrected chi connectivity index (χ2v) is 8.09. The van der Waals surface area contributed by atoms with Gasteiger partial charge in [-0.25, -0.2) is 9.10 Å². The molecule has 1 aromatic rings. The summed E-state index contributed by atoms with van der Waals surface area (Å²) in [6, 6.07) is -0.560. The van der Waals surface area contributed by atoms with E-state index in [1.807, 2.05) is 0 Å². The number of aromatic amines is 1. The first-order valence-corrected chi connectivity index (χ1v) is 10.6. The van der Waals surface area contributed by atoms with Crippen LogP contribution in [0.2, 0.25) is 0 Å². The average Bonchev–Trinajstić information content (AvgIpc) is 3.23. The third kappa shape index (κ3) is 5.12. The summed E-state index contributed by atoms with van der Waals surface area (Å²) in [5.74, 6) is -3.77. The zero-order valence-corrected chi connectivity index (χ0v) is 20.1. The standard InChI is InChI=1S/C16H20N6O8S.Na.H/c1-2-20-6-7-21(15(26)14(20)25)16(27)19-11(9-4-3-5-17-9)12(23)18-10-8-22(13(10)24)31(28,29)30;;/h3-5,10-11,17H,2,6-8H2,1H3,(H,18,23)(H,19,27)(H,28,29,30);;/q;+1;-1. The van der Waals surface area contributed by atoms with Gasteiger partial charge < -0.3 is 21.9 Å². The van der Waals surface area contributed by atoms with E-state index in [0.717, 1.165) is 0 Å². The first-order valence-electron chi connectivity index (χ1n) is 9.18. The van der Waals surface area contributed by atoms with Crippen LogP contribution in [-0.2, 0) is 29.5 Å². The Balaban J connectivity index is 0.00000272. The van der Waals surface area contributed by atoms with Crippen molar-refractivity contribution in [2.45, 2.75) is 19.0 Å². The number of H-pyrrole nitrogens is 1. The number of amides is 6. The van der Waals surface area contributed by atoms with E-state index in [2.05, 4.69) is 15.6 Å². The fraction of sp³-hybridized carbons (Fsp3) is 0.438. The summed E-state index contributed by atoms with van der Waals surface area (Å²) >= 11 is 0. The summed E-state index contributed by atoms with van der Waals surface area (Å²) in [6.07, 6.45) is 1.48. The maximum Gasteiger partial charge on any atom is 1.00 e. The summed E-state index contributed by atoms with van der Waals surface area (Å²) in [4.78, 5) is 66.1. The monoisotopic (exact) mass is 480 g/mol. The third-order valence-corrected chi connectivity index (χ3v) is 5.77. The molecule has 4 N–H and O–H groups in total. The maximum atomic E-state index is 12.7. The minimum Gasteiger partial charge on any atom is -1.00 e. The zero-order valence-electron chi connectivity index (χ0n) is 18.3. The first kappa shape index (κ1) is 25.8. The van der Waals surface area contributed by atoms with Gasteiger partial charge in [-0.2, -0.15) is 8.42 Å². The largest absolute Gasteiger partial charge is 1.00 e. The predicted molar refractivity (Wildman–Crippen MR) is 102 cm³/mol. The van der Waals surface area contributed by atoms with Gasteiger partial charge in [-0.15, -0.1) is 0 Å². The smallest absolute Gasteiger partial charge is 1.00 e. The number of rotatable bonds is 6. The summed E-state index contributed by atoms with van der Waals surface area (Å²) in [5, 5.41) is 4.62. The van der Waals surface area contributed by atoms with Crippen LogP contribution in [-0.4, -0.2) is 93.9 Å². The van der Waals surface area contributed by atoms with Gasteiger partial charge in [-0.1, -0.05) is 0 Å². The molecule has 2 unspecified atom stereocenters. The van der Waals surface area contributed by atoms with Crippen LogP contribution in [0.15, 0.2) is 18.3 Å². The van der Waals surface area contributed by atoms with Crippen molar-refractivity contribution >= 4 is 40.0 Å². The first-order chi connectivity index (χ1) is 14.5. The van der Waals surface area contributed by atoms with Crippen LogP contribution in [0.25, 0.3) is 0 Å². The molecule has 0 aliphatic carbocycles. The van der Waals surface area contributed by atoms with Gasteiger partial charge >= 0.3 is 57.7 Å². The maximum absolute atomic E-state index is 12.7. The Labute approximate surface area is 206 Å². The molecule has 2 atom stereocenters. The Morgan fingerprint density at radius 2 is 1.97 bits per heavy atom. The van der Waals surface area contributed by atoms with Crippen LogP contribution < -0.4 is 40.2 Å². The van der Waals surface area contributed by atoms with Crippen molar-refractivity contribution in [3.8, 4) is 0 Å². The number of carbonyl (C=O) groups excluding carboxylic acids is 5. The molecule has 3 heterocycles. The van der Waals surface area contributed by atoms with Gasteiger partial charge in [0, 0.05) is 31.5 Å². The van der Waals surface area contributed by atoms with E-state index in [1.165, 1.54) is 17.2 Å². The van der Waals surface area contributed by atoms with Gasteiger partial charge in [0.05, 0.1) is 6.54 Å². The number of nitrogens with zero attached hydrogens (tertiary/aromatic N) is 3. The Morgan fingerprint density at radius 3 is 2.50 bits per heavy atom. The molecule has 0 radical (unpaired) electrons. The molecule has 0 bridgehead atoms. The van der Waals surface area contributed by atoms with Crippen LogP contribution in [0.4, 0.5) is 4.79 Å². The van der Waals surface area contributed by atoms with E-state index in [1.54, 1.807) is 13.0 Å². The van der Waals surface area contributed by atoms with E-state index in [9.17, 15) is 32.4 Å². The number of carbonyl (C=O) groups is 5. The molecule has 0 saturated carbocycles. The average molecular weight is 480 g/mol. The van der Waals surface area contributed by atoms with Crippen molar-refractivity contribution in [3.63, 3.8) is 0 Å². The molecule has 2 aliphatic rings. The minimum absolute atomic E-state index is 0. The van der Waals surface area contributed by atoms with Crippen molar-refractivity contribution in [1.29, 1.82) is 0 Å². The van der Waals surface area contributed by atoms with Crippen molar-refractivity contribution in [2.24, 2.45) is 0 Å². The number of piperazine rings is 1. The molecule has 6 amide bonds. The number of β-lactam (4-membered cyclic amide) rings is 1. The van der Waals surface area contributed by atoms with E-state index < -0.39 is 58.6 Å². The molecular formula is C16H21N6NaO8S. The molecule has 32 heavy (non-hydrogen) atoms. The van der Waals surface area contributed by atoms with E-state index in [-0.39, 0.29) is 54.1 Å². The predicted octanol–water partition coefficient (Wildman–Crippen LogP) is -5.30. The SMILES string of the molecule is CCN1CCN(C(=O)NC(C(=O)NC2CN(S(=O)(=O)O)C2=O)c2ccc[nH]2)C(=O)C1=O.[H-].[Na+]. The van der Waals surface area contributed by atoms with Gasteiger partial charge in [0.2, 0.25) is 5.91 Å².